The third-order valence-electron chi connectivity index (χ3n) is 2.98. The van der Waals surface area contributed by atoms with Crippen molar-refractivity contribution in [2.75, 3.05) is 6.54 Å². The molecule has 1 atom stereocenters. The lowest BCUT2D eigenvalue weighted by Crippen LogP contribution is -2.34. The molecule has 0 radical (unpaired) electrons. The Morgan fingerprint density at radius 1 is 1.64 bits per heavy atom. The standard InChI is InChI=1S/C14H18N4O4/c1-3-5-12(10(2)18(21)22)13(17-20)9-16-14(19)11-6-4-7-15-8-11/h4-8,10,20H,3,9H2,1-2H3,(H,16,19)/b12-5-,17-13-. The number of nitrogens with zero attached hydrogens (tertiary/aromatic N) is 3. The normalized spacial score (nSPS) is 13.5. The molecule has 1 heterocycles. The summed E-state index contributed by atoms with van der Waals surface area (Å²) in [6.07, 6.45) is 5.09. The highest BCUT2D eigenvalue weighted by atomic mass is 16.6. The first kappa shape index (κ1) is 17.3. The summed E-state index contributed by atoms with van der Waals surface area (Å²) in [5.74, 6) is -0.404. The molecule has 0 saturated heterocycles. The van der Waals surface area contributed by atoms with E-state index in [1.165, 1.54) is 19.3 Å². The van der Waals surface area contributed by atoms with Crippen molar-refractivity contribution in [3.8, 4) is 0 Å². The van der Waals surface area contributed by atoms with Crippen LogP contribution in [0.25, 0.3) is 0 Å². The predicted molar refractivity (Wildman–Crippen MR) is 80.6 cm³/mol. The Morgan fingerprint density at radius 3 is 2.86 bits per heavy atom. The van der Waals surface area contributed by atoms with E-state index >= 15 is 0 Å². The van der Waals surface area contributed by atoms with E-state index in [2.05, 4.69) is 15.5 Å². The van der Waals surface area contributed by atoms with Gasteiger partial charge in [-0.2, -0.15) is 0 Å². The van der Waals surface area contributed by atoms with Gasteiger partial charge in [-0.15, -0.1) is 0 Å². The van der Waals surface area contributed by atoms with Gasteiger partial charge < -0.3 is 10.5 Å². The van der Waals surface area contributed by atoms with E-state index in [4.69, 9.17) is 5.21 Å². The largest absolute Gasteiger partial charge is 0.411 e. The molecular weight excluding hydrogens is 288 g/mol. The Bertz CT molecular complexity index is 584. The van der Waals surface area contributed by atoms with Gasteiger partial charge in [0.1, 0.15) is 5.71 Å². The second-order valence-corrected chi connectivity index (χ2v) is 4.50. The number of carbonyl (C=O) groups is 1. The van der Waals surface area contributed by atoms with Gasteiger partial charge in [-0.25, -0.2) is 0 Å². The zero-order valence-corrected chi connectivity index (χ0v) is 12.4. The van der Waals surface area contributed by atoms with E-state index in [0.29, 0.717) is 12.0 Å². The molecule has 22 heavy (non-hydrogen) atoms. The highest BCUT2D eigenvalue weighted by Gasteiger charge is 2.24. The number of pyridine rings is 1. The molecule has 0 spiro atoms. The van der Waals surface area contributed by atoms with Crippen LogP contribution in [-0.2, 0) is 0 Å². The molecule has 0 aliphatic heterocycles. The van der Waals surface area contributed by atoms with E-state index < -0.39 is 16.9 Å². The Morgan fingerprint density at radius 2 is 2.36 bits per heavy atom. The van der Waals surface area contributed by atoms with Gasteiger partial charge in [0.05, 0.1) is 12.1 Å². The molecule has 1 unspecified atom stereocenters. The van der Waals surface area contributed by atoms with Gasteiger partial charge >= 0.3 is 0 Å². The number of carbonyl (C=O) groups excluding carboxylic acids is 1. The summed E-state index contributed by atoms with van der Waals surface area (Å²) in [6.45, 7) is 3.10. The number of aromatic nitrogens is 1. The fraction of sp³-hybridized carbons (Fsp3) is 0.357. The minimum Gasteiger partial charge on any atom is -0.411 e. The number of nitrogens with one attached hydrogen (secondary N) is 1. The summed E-state index contributed by atoms with van der Waals surface area (Å²) in [5.41, 5.74) is 0.688. The van der Waals surface area contributed by atoms with Gasteiger partial charge in [0.15, 0.2) is 0 Å². The SMILES string of the molecule is CC/C=C(\C(CNC(=O)c1cccnc1)=N/O)C(C)[N+](=O)[O-]. The zero-order chi connectivity index (χ0) is 16.5. The molecule has 0 saturated carbocycles. The molecule has 118 valence electrons. The topological polar surface area (TPSA) is 118 Å². The molecule has 1 rings (SSSR count). The van der Waals surface area contributed by atoms with Crippen LogP contribution in [0.1, 0.15) is 30.6 Å². The van der Waals surface area contributed by atoms with Crippen molar-refractivity contribution >= 4 is 11.6 Å². The minimum absolute atomic E-state index is 0.0586. The molecule has 0 aliphatic rings. The third kappa shape index (κ3) is 4.65. The van der Waals surface area contributed by atoms with Crippen LogP contribution in [0.2, 0.25) is 0 Å². The van der Waals surface area contributed by atoms with E-state index in [1.54, 1.807) is 18.2 Å². The molecule has 1 aromatic rings. The molecule has 1 amide bonds. The van der Waals surface area contributed by atoms with E-state index in [0.717, 1.165) is 0 Å². The van der Waals surface area contributed by atoms with Gasteiger partial charge in [-0.1, -0.05) is 18.2 Å². The van der Waals surface area contributed by atoms with E-state index in [1.807, 2.05) is 6.92 Å². The molecule has 0 aliphatic carbocycles. The number of nitro groups is 1. The summed E-state index contributed by atoms with van der Waals surface area (Å²) in [5, 5.41) is 25.7. The molecule has 8 nitrogen and oxygen atoms in total. The lowest BCUT2D eigenvalue weighted by Gasteiger charge is -2.12. The van der Waals surface area contributed by atoms with Gasteiger partial charge in [0, 0.05) is 29.8 Å². The minimum atomic E-state index is -1.03. The smallest absolute Gasteiger partial charge is 0.253 e. The molecule has 2 N–H and O–H groups in total. The van der Waals surface area contributed by atoms with Crippen LogP contribution in [-0.4, -0.2) is 39.3 Å². The maximum absolute atomic E-state index is 11.9. The lowest BCUT2D eigenvalue weighted by molar-refractivity contribution is -0.506. The van der Waals surface area contributed by atoms with Crippen molar-refractivity contribution in [3.63, 3.8) is 0 Å². The summed E-state index contributed by atoms with van der Waals surface area (Å²) in [4.78, 5) is 26.2. The van der Waals surface area contributed by atoms with E-state index in [9.17, 15) is 14.9 Å². The quantitative estimate of drug-likeness (QED) is 0.343. The van der Waals surface area contributed by atoms with Gasteiger partial charge in [0.25, 0.3) is 5.91 Å². The average Bonchev–Trinajstić information content (AvgIpc) is 2.54. The number of hydrogen-bond acceptors (Lipinski definition) is 6. The third-order valence-corrected chi connectivity index (χ3v) is 2.98. The Balaban J connectivity index is 2.82. The molecule has 8 heteroatoms. The number of hydrogen-bond donors (Lipinski definition) is 2. The average molecular weight is 306 g/mol. The first-order valence-electron chi connectivity index (χ1n) is 6.74. The van der Waals surface area contributed by atoms with Gasteiger partial charge in [-0.05, 0) is 18.6 Å². The Hall–Kier alpha value is -2.77. The summed E-state index contributed by atoms with van der Waals surface area (Å²) >= 11 is 0. The van der Waals surface area contributed by atoms with Crippen molar-refractivity contribution in [2.24, 2.45) is 5.16 Å². The van der Waals surface area contributed by atoms with Crippen molar-refractivity contribution in [1.29, 1.82) is 0 Å². The van der Waals surface area contributed by atoms with Crippen molar-refractivity contribution in [2.45, 2.75) is 26.3 Å². The van der Waals surface area contributed by atoms with Gasteiger partial charge in [-0.3, -0.25) is 19.9 Å². The predicted octanol–water partition coefficient (Wildman–Crippen LogP) is 1.64. The first-order valence-corrected chi connectivity index (χ1v) is 6.74. The monoisotopic (exact) mass is 306 g/mol. The van der Waals surface area contributed by atoms with Crippen LogP contribution in [0.15, 0.2) is 41.3 Å². The number of amides is 1. The highest BCUT2D eigenvalue weighted by molar-refractivity contribution is 6.05. The zero-order valence-electron chi connectivity index (χ0n) is 12.4. The fourth-order valence-corrected chi connectivity index (χ4v) is 1.82. The number of allylic oxidation sites excluding steroid dienone is 1. The fourth-order valence-electron chi connectivity index (χ4n) is 1.82. The Kier molecular flexibility index (Phi) is 6.68. The van der Waals surface area contributed by atoms with Crippen LogP contribution in [0.5, 0.6) is 0 Å². The van der Waals surface area contributed by atoms with Crippen molar-refractivity contribution in [3.05, 3.63) is 51.9 Å². The molecule has 0 bridgehead atoms. The Labute approximate surface area is 127 Å². The maximum atomic E-state index is 11.9. The second-order valence-electron chi connectivity index (χ2n) is 4.50. The lowest BCUT2D eigenvalue weighted by atomic mass is 10.0. The summed E-state index contributed by atoms with van der Waals surface area (Å²) in [7, 11) is 0. The highest BCUT2D eigenvalue weighted by Crippen LogP contribution is 2.10. The number of rotatable bonds is 7. The molecule has 0 aromatic carbocycles. The van der Waals surface area contributed by atoms with Crippen LogP contribution in [0, 0.1) is 10.1 Å². The summed E-state index contributed by atoms with van der Waals surface area (Å²) in [6, 6.07) is 2.18. The van der Waals surface area contributed by atoms with E-state index in [-0.39, 0.29) is 17.8 Å². The van der Waals surface area contributed by atoms with Crippen LogP contribution < -0.4 is 5.32 Å². The molecule has 1 aromatic heterocycles. The van der Waals surface area contributed by atoms with Gasteiger partial charge in [0.2, 0.25) is 6.04 Å². The van der Waals surface area contributed by atoms with Crippen molar-refractivity contribution < 1.29 is 14.9 Å². The maximum Gasteiger partial charge on any atom is 0.253 e. The second kappa shape index (κ2) is 8.50. The molecular formula is C14H18N4O4. The van der Waals surface area contributed by atoms with Crippen molar-refractivity contribution in [1.82, 2.24) is 10.3 Å². The van der Waals surface area contributed by atoms with Crippen LogP contribution in [0.3, 0.4) is 0 Å². The molecule has 0 fully saturated rings. The van der Waals surface area contributed by atoms with Crippen LogP contribution >= 0.6 is 0 Å². The first-order chi connectivity index (χ1) is 10.5. The summed E-state index contributed by atoms with van der Waals surface area (Å²) < 4.78 is 0. The number of oxime groups is 1. The van der Waals surface area contributed by atoms with Crippen LogP contribution in [0.4, 0.5) is 0 Å².